The topological polar surface area (TPSA) is 78.2 Å². The molecule has 32 heavy (non-hydrogen) atoms. The van der Waals surface area contributed by atoms with Gasteiger partial charge in [-0.2, -0.15) is 14.9 Å². The summed E-state index contributed by atoms with van der Waals surface area (Å²) in [5.41, 5.74) is 0.529. The molecule has 0 aliphatic heterocycles. The monoisotopic (exact) mass is 480 g/mol. The predicted octanol–water partition coefficient (Wildman–Crippen LogP) is 4.17. The summed E-state index contributed by atoms with van der Waals surface area (Å²) < 4.78 is 30.5. The van der Waals surface area contributed by atoms with Gasteiger partial charge in [-0.25, -0.2) is 4.39 Å². The highest BCUT2D eigenvalue weighted by Crippen LogP contribution is 2.39. The van der Waals surface area contributed by atoms with Gasteiger partial charge in [-0.3, -0.25) is 9.80 Å². The summed E-state index contributed by atoms with van der Waals surface area (Å²) in [6.45, 7) is 0. The van der Waals surface area contributed by atoms with E-state index in [1.54, 1.807) is 19.2 Å². The summed E-state index contributed by atoms with van der Waals surface area (Å²) in [6.07, 6.45) is 2.88. The van der Waals surface area contributed by atoms with E-state index >= 15 is 0 Å². The molecule has 0 aliphatic rings. The molecule has 1 heterocycles. The summed E-state index contributed by atoms with van der Waals surface area (Å²) in [5.74, 6) is 0.746. The molecule has 3 aromatic rings. The zero-order valence-corrected chi connectivity index (χ0v) is 19.1. The van der Waals surface area contributed by atoms with E-state index < -0.39 is 11.4 Å². The van der Waals surface area contributed by atoms with Crippen molar-refractivity contribution in [2.75, 3.05) is 33.4 Å². The SMILES string of the molecule is COc1ccc(/C=N/N(C)c2cnn(-c3ccc(F)c(Cl)c3)c(=O)c2Cl)c(OC)c1OC. The van der Waals surface area contributed by atoms with Gasteiger partial charge in [0, 0.05) is 12.6 Å². The largest absolute Gasteiger partial charge is 0.493 e. The number of halogens is 3. The van der Waals surface area contributed by atoms with E-state index in [1.165, 1.54) is 50.9 Å². The van der Waals surface area contributed by atoms with Crippen LogP contribution < -0.4 is 24.8 Å². The van der Waals surface area contributed by atoms with Gasteiger partial charge in [-0.15, -0.1) is 0 Å². The third-order valence-corrected chi connectivity index (χ3v) is 5.15. The molecule has 0 unspecified atom stereocenters. The minimum Gasteiger partial charge on any atom is -0.493 e. The Balaban J connectivity index is 1.94. The van der Waals surface area contributed by atoms with Crippen LogP contribution in [0.15, 0.2) is 46.4 Å². The molecule has 0 fully saturated rings. The molecule has 3 rings (SSSR count). The van der Waals surface area contributed by atoms with Crippen LogP contribution in [-0.2, 0) is 0 Å². The third-order valence-electron chi connectivity index (χ3n) is 4.50. The predicted molar refractivity (Wildman–Crippen MR) is 122 cm³/mol. The number of aromatic nitrogens is 2. The fraction of sp³-hybridized carbons (Fsp3) is 0.190. The summed E-state index contributed by atoms with van der Waals surface area (Å²) in [5, 5.41) is 9.55. The van der Waals surface area contributed by atoms with Crippen LogP contribution in [0.1, 0.15) is 5.56 Å². The van der Waals surface area contributed by atoms with Gasteiger partial charge in [0.2, 0.25) is 5.75 Å². The molecule has 2 aromatic carbocycles. The Bertz CT molecular complexity index is 1230. The van der Waals surface area contributed by atoms with E-state index in [1.807, 2.05) is 0 Å². The molecule has 0 spiro atoms. The number of nitrogens with zero attached hydrogens (tertiary/aromatic N) is 4. The van der Waals surface area contributed by atoms with Gasteiger partial charge in [-0.05, 0) is 30.3 Å². The number of anilines is 1. The molecular formula is C21H19Cl2FN4O4. The maximum absolute atomic E-state index is 13.4. The van der Waals surface area contributed by atoms with Crippen LogP contribution in [0.4, 0.5) is 10.1 Å². The Morgan fingerprint density at radius 1 is 1.09 bits per heavy atom. The van der Waals surface area contributed by atoms with Crippen molar-refractivity contribution in [2.45, 2.75) is 0 Å². The molecule has 0 saturated heterocycles. The molecule has 0 aliphatic carbocycles. The number of ether oxygens (including phenoxy) is 3. The van der Waals surface area contributed by atoms with Crippen LogP contribution in [0.3, 0.4) is 0 Å². The Morgan fingerprint density at radius 3 is 2.44 bits per heavy atom. The maximum atomic E-state index is 13.4. The first-order chi connectivity index (χ1) is 15.3. The lowest BCUT2D eigenvalue weighted by molar-refractivity contribution is 0.324. The lowest BCUT2D eigenvalue weighted by Crippen LogP contribution is -2.24. The van der Waals surface area contributed by atoms with Crippen molar-refractivity contribution in [3.8, 4) is 22.9 Å². The molecule has 168 valence electrons. The van der Waals surface area contributed by atoms with E-state index in [2.05, 4.69) is 10.2 Å². The third kappa shape index (κ3) is 4.49. The number of benzene rings is 2. The summed E-state index contributed by atoms with van der Waals surface area (Å²) in [6, 6.07) is 7.25. The van der Waals surface area contributed by atoms with Crippen LogP contribution in [0, 0.1) is 5.82 Å². The van der Waals surface area contributed by atoms with Gasteiger partial charge >= 0.3 is 0 Å². The summed E-state index contributed by atoms with van der Waals surface area (Å²) in [4.78, 5) is 12.7. The fourth-order valence-electron chi connectivity index (χ4n) is 2.89. The van der Waals surface area contributed by atoms with Crippen LogP contribution in [-0.4, -0.2) is 44.4 Å². The van der Waals surface area contributed by atoms with E-state index in [4.69, 9.17) is 37.4 Å². The van der Waals surface area contributed by atoms with Gasteiger partial charge in [-0.1, -0.05) is 23.2 Å². The Kier molecular flexibility index (Phi) is 7.22. The average Bonchev–Trinajstić information content (AvgIpc) is 2.80. The molecular weight excluding hydrogens is 462 g/mol. The van der Waals surface area contributed by atoms with Crippen LogP contribution in [0.2, 0.25) is 10.0 Å². The van der Waals surface area contributed by atoms with E-state index in [9.17, 15) is 9.18 Å². The van der Waals surface area contributed by atoms with Gasteiger partial charge in [0.1, 0.15) is 16.5 Å². The van der Waals surface area contributed by atoms with Crippen molar-refractivity contribution >= 4 is 35.1 Å². The average molecular weight is 481 g/mol. The Morgan fingerprint density at radius 2 is 1.81 bits per heavy atom. The fourth-order valence-corrected chi connectivity index (χ4v) is 3.31. The first-order valence-corrected chi connectivity index (χ1v) is 9.87. The maximum Gasteiger partial charge on any atom is 0.292 e. The van der Waals surface area contributed by atoms with Crippen LogP contribution in [0.5, 0.6) is 17.2 Å². The number of hydrogen-bond donors (Lipinski definition) is 0. The number of hydrazone groups is 1. The molecule has 0 atom stereocenters. The van der Waals surface area contributed by atoms with E-state index in [0.29, 0.717) is 22.8 Å². The highest BCUT2D eigenvalue weighted by atomic mass is 35.5. The summed E-state index contributed by atoms with van der Waals surface area (Å²) in [7, 11) is 6.13. The lowest BCUT2D eigenvalue weighted by Gasteiger charge is -2.16. The lowest BCUT2D eigenvalue weighted by atomic mass is 10.2. The molecule has 0 bridgehead atoms. The quantitative estimate of drug-likeness (QED) is 0.373. The number of methoxy groups -OCH3 is 3. The van der Waals surface area contributed by atoms with Crippen molar-refractivity contribution in [1.29, 1.82) is 0 Å². The van der Waals surface area contributed by atoms with E-state index in [-0.39, 0.29) is 21.4 Å². The Hall–Kier alpha value is -3.30. The normalized spacial score (nSPS) is 11.0. The Labute approximate surface area is 193 Å². The highest BCUT2D eigenvalue weighted by molar-refractivity contribution is 6.33. The molecule has 0 N–H and O–H groups in total. The zero-order chi connectivity index (χ0) is 23.4. The van der Waals surface area contributed by atoms with Gasteiger partial charge in [0.05, 0.1) is 44.5 Å². The van der Waals surface area contributed by atoms with Crippen molar-refractivity contribution in [3.63, 3.8) is 0 Å². The molecule has 11 heteroatoms. The van der Waals surface area contributed by atoms with Crippen molar-refractivity contribution in [3.05, 3.63) is 68.3 Å². The van der Waals surface area contributed by atoms with Crippen molar-refractivity contribution < 1.29 is 18.6 Å². The zero-order valence-electron chi connectivity index (χ0n) is 17.6. The van der Waals surface area contributed by atoms with Crippen LogP contribution >= 0.6 is 23.2 Å². The standard InChI is InChI=1S/C21H19Cl2FN4O4/c1-27(25-10-12-5-8-17(30-2)20(32-4)19(12)31-3)16-11-26-28(21(29)18(16)23)13-6-7-15(24)14(22)9-13/h5-11H,1-4H3/b25-10+. The molecule has 0 radical (unpaired) electrons. The highest BCUT2D eigenvalue weighted by Gasteiger charge is 2.17. The first-order valence-electron chi connectivity index (χ1n) is 9.12. The minimum atomic E-state index is -0.613. The number of rotatable bonds is 7. The van der Waals surface area contributed by atoms with Crippen molar-refractivity contribution in [2.24, 2.45) is 5.10 Å². The van der Waals surface area contributed by atoms with Gasteiger partial charge in [0.15, 0.2) is 11.5 Å². The number of hydrogen-bond acceptors (Lipinski definition) is 7. The van der Waals surface area contributed by atoms with Crippen LogP contribution in [0.25, 0.3) is 5.69 Å². The molecule has 8 nitrogen and oxygen atoms in total. The minimum absolute atomic E-state index is 0.126. The first kappa shape index (κ1) is 23.4. The van der Waals surface area contributed by atoms with Crippen molar-refractivity contribution in [1.82, 2.24) is 9.78 Å². The molecule has 0 saturated carbocycles. The second-order valence-electron chi connectivity index (χ2n) is 6.35. The second-order valence-corrected chi connectivity index (χ2v) is 7.14. The summed E-state index contributed by atoms with van der Waals surface area (Å²) >= 11 is 12.1. The van der Waals surface area contributed by atoms with Gasteiger partial charge < -0.3 is 14.2 Å². The van der Waals surface area contributed by atoms with Gasteiger partial charge in [0.25, 0.3) is 5.56 Å². The molecule has 1 aromatic heterocycles. The van der Waals surface area contributed by atoms with E-state index in [0.717, 1.165) is 10.7 Å². The smallest absolute Gasteiger partial charge is 0.292 e. The molecule has 0 amide bonds. The second kappa shape index (κ2) is 9.88.